The van der Waals surface area contributed by atoms with Gasteiger partial charge in [0.1, 0.15) is 6.33 Å². The number of carbonyl (C=O) groups is 2. The van der Waals surface area contributed by atoms with Gasteiger partial charge < -0.3 is 19.1 Å². The Morgan fingerprint density at radius 3 is 2.17 bits per heavy atom. The molecule has 3 aromatic carbocycles. The molecule has 0 spiro atoms. The van der Waals surface area contributed by atoms with E-state index >= 15 is 0 Å². The zero-order valence-electron chi connectivity index (χ0n) is 21.8. The van der Waals surface area contributed by atoms with Crippen LogP contribution in [-0.4, -0.2) is 48.4 Å². The van der Waals surface area contributed by atoms with Crippen molar-refractivity contribution >= 4 is 23.6 Å². The molecule has 1 fully saturated rings. The van der Waals surface area contributed by atoms with E-state index in [-0.39, 0.29) is 37.2 Å². The van der Waals surface area contributed by atoms with Gasteiger partial charge >= 0.3 is 0 Å². The van der Waals surface area contributed by atoms with Crippen LogP contribution in [0.25, 0.3) is 0 Å². The second kappa shape index (κ2) is 11.3. The summed E-state index contributed by atoms with van der Waals surface area (Å²) in [6.45, 7) is 0.178. The maximum Gasteiger partial charge on any atom is 0.261 e. The van der Waals surface area contributed by atoms with E-state index in [0.29, 0.717) is 23.3 Å². The van der Waals surface area contributed by atoms with Gasteiger partial charge in [0.05, 0.1) is 36.5 Å². The SMILES string of the molecule is Cn1cnnc1SCC1CC(c2ccc(CO)cc2)OC(c2ccc(CN3C(=O)c4ccccc4C3=O)cc2)O1. The largest absolute Gasteiger partial charge is 0.392 e. The van der Waals surface area contributed by atoms with Gasteiger partial charge in [0.2, 0.25) is 0 Å². The minimum Gasteiger partial charge on any atom is -0.392 e. The van der Waals surface area contributed by atoms with Gasteiger partial charge in [0.25, 0.3) is 11.8 Å². The van der Waals surface area contributed by atoms with Gasteiger partial charge in [0, 0.05) is 24.8 Å². The number of fused-ring (bicyclic) bond motifs is 1. The summed E-state index contributed by atoms with van der Waals surface area (Å²) in [7, 11) is 1.91. The molecule has 6 rings (SSSR count). The third-order valence-corrected chi connectivity index (χ3v) is 8.32. The molecule has 1 saturated heterocycles. The first kappa shape index (κ1) is 26.4. The van der Waals surface area contributed by atoms with Crippen molar-refractivity contribution in [2.45, 2.75) is 43.2 Å². The van der Waals surface area contributed by atoms with Crippen LogP contribution in [0.5, 0.6) is 0 Å². The Morgan fingerprint density at radius 1 is 0.900 bits per heavy atom. The van der Waals surface area contributed by atoms with Crippen LogP contribution in [0.3, 0.4) is 0 Å². The molecule has 204 valence electrons. The molecule has 10 heteroatoms. The minimum absolute atomic E-state index is 0.0123. The summed E-state index contributed by atoms with van der Waals surface area (Å²) in [4.78, 5) is 26.8. The Bertz CT molecular complexity index is 1490. The number of thioether (sulfide) groups is 1. The predicted molar refractivity (Wildman–Crippen MR) is 147 cm³/mol. The number of aliphatic hydroxyl groups excluding tert-OH is 1. The van der Waals surface area contributed by atoms with Crippen LogP contribution < -0.4 is 0 Å². The number of nitrogens with zero attached hydrogens (tertiary/aromatic N) is 4. The molecule has 2 aliphatic rings. The maximum atomic E-state index is 12.8. The van der Waals surface area contributed by atoms with Crippen LogP contribution in [-0.2, 0) is 29.7 Å². The van der Waals surface area contributed by atoms with Gasteiger partial charge in [-0.25, -0.2) is 0 Å². The Morgan fingerprint density at radius 2 is 1.55 bits per heavy atom. The van der Waals surface area contributed by atoms with E-state index in [0.717, 1.165) is 27.4 Å². The summed E-state index contributed by atoms with van der Waals surface area (Å²) in [6, 6.07) is 22.3. The minimum atomic E-state index is -0.602. The number of hydrogen-bond donors (Lipinski definition) is 1. The van der Waals surface area contributed by atoms with Gasteiger partial charge in [-0.1, -0.05) is 72.4 Å². The number of hydrogen-bond acceptors (Lipinski definition) is 8. The normalized spacial score (nSPS) is 20.6. The molecule has 0 aliphatic carbocycles. The van der Waals surface area contributed by atoms with Gasteiger partial charge in [-0.2, -0.15) is 0 Å². The van der Waals surface area contributed by atoms with Gasteiger partial charge in [-0.15, -0.1) is 10.2 Å². The van der Waals surface area contributed by atoms with Crippen molar-refractivity contribution in [1.29, 1.82) is 0 Å². The highest BCUT2D eigenvalue weighted by Gasteiger charge is 2.35. The topological polar surface area (TPSA) is 107 Å². The van der Waals surface area contributed by atoms with E-state index in [1.54, 1.807) is 42.4 Å². The molecule has 2 amide bonds. The molecule has 0 bridgehead atoms. The molecule has 40 heavy (non-hydrogen) atoms. The Balaban J connectivity index is 1.18. The molecule has 3 atom stereocenters. The summed E-state index contributed by atoms with van der Waals surface area (Å²) in [6.07, 6.45) is 1.42. The second-order valence-electron chi connectivity index (χ2n) is 9.87. The number of ether oxygens (including phenoxy) is 2. The fourth-order valence-electron chi connectivity index (χ4n) is 4.94. The zero-order valence-corrected chi connectivity index (χ0v) is 22.7. The number of aryl methyl sites for hydroxylation is 1. The molecule has 9 nitrogen and oxygen atoms in total. The predicted octanol–water partition coefficient (Wildman–Crippen LogP) is 4.44. The summed E-state index contributed by atoms with van der Waals surface area (Å²) in [5, 5.41) is 18.4. The molecule has 1 aromatic heterocycles. The quantitative estimate of drug-likeness (QED) is 0.251. The van der Waals surface area contributed by atoms with E-state index in [1.807, 2.05) is 60.1 Å². The van der Waals surface area contributed by atoms with Gasteiger partial charge in [-0.3, -0.25) is 14.5 Å². The van der Waals surface area contributed by atoms with Gasteiger partial charge in [0.15, 0.2) is 11.4 Å². The lowest BCUT2D eigenvalue weighted by atomic mass is 10.0. The van der Waals surface area contributed by atoms with Crippen molar-refractivity contribution in [3.05, 3.63) is 113 Å². The number of aliphatic hydroxyl groups is 1. The number of aromatic nitrogens is 3. The van der Waals surface area contributed by atoms with E-state index in [4.69, 9.17) is 9.47 Å². The average molecular weight is 557 g/mol. The average Bonchev–Trinajstić information content (AvgIpc) is 3.52. The zero-order chi connectivity index (χ0) is 27.6. The lowest BCUT2D eigenvalue weighted by molar-refractivity contribution is -0.245. The molecular weight excluding hydrogens is 528 g/mol. The third kappa shape index (κ3) is 5.31. The lowest BCUT2D eigenvalue weighted by Gasteiger charge is -2.36. The molecule has 3 unspecified atom stereocenters. The highest BCUT2D eigenvalue weighted by molar-refractivity contribution is 7.99. The summed E-state index contributed by atoms with van der Waals surface area (Å²) >= 11 is 1.58. The first-order valence-corrected chi connectivity index (χ1v) is 14.0. The molecule has 0 radical (unpaired) electrons. The van der Waals surface area contributed by atoms with Crippen molar-refractivity contribution in [3.8, 4) is 0 Å². The van der Waals surface area contributed by atoms with Crippen LogP contribution in [0.4, 0.5) is 0 Å². The lowest BCUT2D eigenvalue weighted by Crippen LogP contribution is -2.31. The van der Waals surface area contributed by atoms with Gasteiger partial charge in [-0.05, 0) is 28.8 Å². The summed E-state index contributed by atoms with van der Waals surface area (Å²) in [5.41, 5.74) is 4.42. The van der Waals surface area contributed by atoms with Crippen LogP contribution in [0, 0.1) is 0 Å². The highest BCUT2D eigenvalue weighted by Crippen LogP contribution is 2.39. The number of benzene rings is 3. The smallest absolute Gasteiger partial charge is 0.261 e. The molecule has 4 aromatic rings. The maximum absolute atomic E-state index is 12.8. The van der Waals surface area contributed by atoms with E-state index in [9.17, 15) is 14.7 Å². The van der Waals surface area contributed by atoms with Crippen molar-refractivity contribution < 1.29 is 24.2 Å². The second-order valence-corrected chi connectivity index (χ2v) is 10.9. The van der Waals surface area contributed by atoms with E-state index in [2.05, 4.69) is 10.2 Å². The number of imide groups is 1. The van der Waals surface area contributed by atoms with Crippen molar-refractivity contribution in [3.63, 3.8) is 0 Å². The molecular formula is C30H28N4O5S. The number of rotatable bonds is 8. The summed E-state index contributed by atoms with van der Waals surface area (Å²) in [5.74, 6) is 0.124. The number of amides is 2. The monoisotopic (exact) mass is 556 g/mol. The fraction of sp³-hybridized carbons (Fsp3) is 0.267. The first-order valence-electron chi connectivity index (χ1n) is 13.0. The summed E-state index contributed by atoms with van der Waals surface area (Å²) < 4.78 is 14.7. The standard InChI is InChI=1S/C30H28N4O5S/c1-33-18-31-32-30(33)40-17-23-14-26(21-10-8-20(16-35)9-11-21)39-29(38-23)22-12-6-19(7-13-22)15-34-27(36)24-4-2-3-5-25(24)28(34)37/h2-13,18,23,26,29,35H,14-17H2,1H3. The van der Waals surface area contributed by atoms with E-state index in [1.165, 1.54) is 4.90 Å². The third-order valence-electron chi connectivity index (χ3n) is 7.15. The highest BCUT2D eigenvalue weighted by atomic mass is 32.2. The first-order chi connectivity index (χ1) is 19.5. The van der Waals surface area contributed by atoms with Crippen molar-refractivity contribution in [1.82, 2.24) is 19.7 Å². The Labute approximate surface area is 235 Å². The molecule has 2 aliphatic heterocycles. The van der Waals surface area contributed by atoms with Crippen molar-refractivity contribution in [2.75, 3.05) is 5.75 Å². The Kier molecular flexibility index (Phi) is 7.48. The van der Waals surface area contributed by atoms with E-state index < -0.39 is 6.29 Å². The number of carbonyl (C=O) groups excluding carboxylic acids is 2. The molecule has 3 heterocycles. The van der Waals surface area contributed by atoms with Crippen molar-refractivity contribution in [2.24, 2.45) is 7.05 Å². The van der Waals surface area contributed by atoms with Crippen LogP contribution >= 0.6 is 11.8 Å². The van der Waals surface area contributed by atoms with Crippen LogP contribution in [0.15, 0.2) is 84.3 Å². The molecule has 0 saturated carbocycles. The van der Waals surface area contributed by atoms with Crippen LogP contribution in [0.2, 0.25) is 0 Å². The Hall–Kier alpha value is -3.83. The fourth-order valence-corrected chi connectivity index (χ4v) is 5.84. The van der Waals surface area contributed by atoms with Crippen LogP contribution in [0.1, 0.15) is 61.8 Å². The molecule has 1 N–H and O–H groups in total.